The second-order valence-corrected chi connectivity index (χ2v) is 2.79. The number of nitrogens with zero attached hydrogens (tertiary/aromatic N) is 1. The number of alkyl halides is 3. The van der Waals surface area contributed by atoms with Gasteiger partial charge in [0, 0.05) is 29.6 Å². The van der Waals surface area contributed by atoms with E-state index in [-0.39, 0.29) is 29.6 Å². The standard InChI is InChI=1S/C8H8F3NO3.Na/c1-4(2)15-7(14)5(3-12)6(13)8(9,10)11;/h4,13H,1-2H3;. The van der Waals surface area contributed by atoms with Gasteiger partial charge in [0.1, 0.15) is 6.07 Å². The summed E-state index contributed by atoms with van der Waals surface area (Å²) in [6.45, 7) is 2.80. The first-order valence-corrected chi connectivity index (χ1v) is 3.81. The van der Waals surface area contributed by atoms with Crippen LogP contribution in [-0.2, 0) is 9.53 Å². The number of allylic oxidation sites excluding steroid dienone is 1. The largest absolute Gasteiger partial charge is 0.503 e. The first kappa shape index (κ1) is 17.7. The summed E-state index contributed by atoms with van der Waals surface area (Å²) >= 11 is 0. The maximum Gasteiger partial charge on any atom is 0.450 e. The third-order valence-electron chi connectivity index (χ3n) is 1.16. The Balaban J connectivity index is 0. The first-order valence-electron chi connectivity index (χ1n) is 3.81. The van der Waals surface area contributed by atoms with Crippen molar-refractivity contribution in [2.45, 2.75) is 26.1 Å². The van der Waals surface area contributed by atoms with Gasteiger partial charge in [-0.15, -0.1) is 0 Å². The molecule has 0 aliphatic carbocycles. The average Bonchev–Trinajstić information content (AvgIpc) is 2.01. The zero-order chi connectivity index (χ0) is 12.2. The number of hydrogen-bond donors (Lipinski definition) is 1. The second kappa shape index (κ2) is 6.78. The number of esters is 1. The minimum absolute atomic E-state index is 0. The maximum atomic E-state index is 11.9. The van der Waals surface area contributed by atoms with Crippen molar-refractivity contribution in [3.63, 3.8) is 0 Å². The summed E-state index contributed by atoms with van der Waals surface area (Å²) in [6, 6.07) is 0.949. The molecule has 0 unspecified atom stereocenters. The van der Waals surface area contributed by atoms with Crippen molar-refractivity contribution in [2.24, 2.45) is 0 Å². The molecule has 0 aromatic carbocycles. The van der Waals surface area contributed by atoms with Gasteiger partial charge in [-0.3, -0.25) is 0 Å². The predicted octanol–water partition coefficient (Wildman–Crippen LogP) is 1.46. The van der Waals surface area contributed by atoms with Gasteiger partial charge in [-0.25, -0.2) is 4.79 Å². The van der Waals surface area contributed by atoms with Crippen molar-refractivity contribution in [3.8, 4) is 6.07 Å². The summed E-state index contributed by atoms with van der Waals surface area (Å²) < 4.78 is 40.1. The van der Waals surface area contributed by atoms with E-state index in [4.69, 9.17) is 10.4 Å². The summed E-state index contributed by atoms with van der Waals surface area (Å²) in [5.74, 6) is -3.74. The Kier molecular flexibility index (Phi) is 7.49. The molecular formula is C8H8F3NNaO3. The number of nitriles is 1. The third-order valence-corrected chi connectivity index (χ3v) is 1.16. The SMILES string of the molecule is CC(C)OC(=O)C(C#N)=C(O)C(F)(F)F.[Na]. The molecule has 0 bridgehead atoms. The summed E-state index contributed by atoms with van der Waals surface area (Å²) in [5, 5.41) is 16.8. The number of aliphatic hydroxyl groups is 1. The molecule has 1 N–H and O–H groups in total. The predicted molar refractivity (Wildman–Crippen MR) is 48.3 cm³/mol. The van der Waals surface area contributed by atoms with E-state index in [9.17, 15) is 18.0 Å². The van der Waals surface area contributed by atoms with E-state index < -0.39 is 29.6 Å². The fourth-order valence-electron chi connectivity index (χ4n) is 0.610. The molecule has 0 saturated heterocycles. The molecule has 85 valence electrons. The van der Waals surface area contributed by atoms with E-state index in [2.05, 4.69) is 4.74 Å². The Morgan fingerprint density at radius 2 is 1.88 bits per heavy atom. The monoisotopic (exact) mass is 246 g/mol. The number of halogens is 3. The fourth-order valence-corrected chi connectivity index (χ4v) is 0.610. The van der Waals surface area contributed by atoms with Crippen LogP contribution in [-0.4, -0.2) is 52.9 Å². The van der Waals surface area contributed by atoms with Crippen molar-refractivity contribution < 1.29 is 27.8 Å². The minimum atomic E-state index is -5.14. The van der Waals surface area contributed by atoms with Crippen molar-refractivity contribution in [1.82, 2.24) is 0 Å². The molecule has 0 aliphatic heterocycles. The van der Waals surface area contributed by atoms with Crippen LogP contribution in [0.4, 0.5) is 13.2 Å². The Labute approximate surface area is 112 Å². The Bertz CT molecular complexity index is 330. The molecule has 0 spiro atoms. The summed E-state index contributed by atoms with van der Waals surface area (Å²) in [7, 11) is 0. The van der Waals surface area contributed by atoms with Gasteiger partial charge in [-0.2, -0.15) is 18.4 Å². The zero-order valence-electron chi connectivity index (χ0n) is 8.92. The van der Waals surface area contributed by atoms with E-state index in [0.29, 0.717) is 0 Å². The molecular weight excluding hydrogens is 238 g/mol. The molecule has 0 rings (SSSR count). The van der Waals surface area contributed by atoms with Crippen LogP contribution in [0.2, 0.25) is 0 Å². The molecule has 8 heteroatoms. The smallest absolute Gasteiger partial charge is 0.450 e. The maximum absolute atomic E-state index is 11.9. The summed E-state index contributed by atoms with van der Waals surface area (Å²) in [5.41, 5.74) is -1.45. The number of aliphatic hydroxyl groups excluding tert-OH is 1. The molecule has 4 nitrogen and oxygen atoms in total. The first-order chi connectivity index (χ1) is 6.70. The van der Waals surface area contributed by atoms with Crippen molar-refractivity contribution in [2.75, 3.05) is 0 Å². The number of carbonyl (C=O) groups excluding carboxylic acids is 1. The van der Waals surface area contributed by atoms with Gasteiger partial charge in [-0.1, -0.05) is 0 Å². The van der Waals surface area contributed by atoms with Gasteiger partial charge in [0.05, 0.1) is 6.10 Å². The summed E-state index contributed by atoms with van der Waals surface area (Å²) in [4.78, 5) is 10.9. The van der Waals surface area contributed by atoms with Crippen LogP contribution in [0.25, 0.3) is 0 Å². The van der Waals surface area contributed by atoms with Crippen LogP contribution >= 0.6 is 0 Å². The number of ether oxygens (including phenoxy) is 1. The van der Waals surface area contributed by atoms with Gasteiger partial charge in [-0.05, 0) is 13.8 Å². The van der Waals surface area contributed by atoms with E-state index in [1.165, 1.54) is 13.8 Å². The molecule has 0 aromatic heterocycles. The van der Waals surface area contributed by atoms with Gasteiger partial charge in [0.2, 0.25) is 5.76 Å². The normalized spacial score (nSPS) is 12.3. The number of hydrogen-bond acceptors (Lipinski definition) is 4. The van der Waals surface area contributed by atoms with E-state index >= 15 is 0 Å². The van der Waals surface area contributed by atoms with Crippen LogP contribution in [0.5, 0.6) is 0 Å². The molecule has 0 fully saturated rings. The second-order valence-electron chi connectivity index (χ2n) is 2.79. The van der Waals surface area contributed by atoms with Gasteiger partial charge >= 0.3 is 12.1 Å². The molecule has 0 heterocycles. The van der Waals surface area contributed by atoms with Crippen LogP contribution in [0, 0.1) is 11.3 Å². The van der Waals surface area contributed by atoms with Crippen LogP contribution < -0.4 is 0 Å². The number of carbonyl (C=O) groups is 1. The molecule has 16 heavy (non-hydrogen) atoms. The Morgan fingerprint density at radius 1 is 1.44 bits per heavy atom. The van der Waals surface area contributed by atoms with Crippen molar-refractivity contribution >= 4 is 35.5 Å². The third kappa shape index (κ3) is 5.39. The van der Waals surface area contributed by atoms with Crippen molar-refractivity contribution in [1.29, 1.82) is 5.26 Å². The van der Waals surface area contributed by atoms with Gasteiger partial charge < -0.3 is 9.84 Å². The van der Waals surface area contributed by atoms with Crippen LogP contribution in [0.1, 0.15) is 13.8 Å². The van der Waals surface area contributed by atoms with E-state index in [1.54, 1.807) is 0 Å². The quantitative estimate of drug-likeness (QED) is 0.263. The zero-order valence-corrected chi connectivity index (χ0v) is 10.9. The molecule has 0 aliphatic rings. The number of rotatable bonds is 2. The Morgan fingerprint density at radius 3 is 2.12 bits per heavy atom. The Hall–Kier alpha value is -0.710. The summed E-state index contributed by atoms with van der Waals surface area (Å²) in [6.07, 6.45) is -5.82. The molecule has 0 amide bonds. The van der Waals surface area contributed by atoms with E-state index in [0.717, 1.165) is 6.07 Å². The van der Waals surface area contributed by atoms with Crippen molar-refractivity contribution in [3.05, 3.63) is 11.3 Å². The minimum Gasteiger partial charge on any atom is -0.503 e. The topological polar surface area (TPSA) is 70.3 Å². The molecule has 0 aromatic rings. The van der Waals surface area contributed by atoms with Gasteiger partial charge in [0.15, 0.2) is 5.57 Å². The fraction of sp³-hybridized carbons (Fsp3) is 0.500. The average molecular weight is 246 g/mol. The van der Waals surface area contributed by atoms with Crippen LogP contribution in [0.15, 0.2) is 11.3 Å². The van der Waals surface area contributed by atoms with E-state index in [1.807, 2.05) is 0 Å². The molecule has 0 saturated carbocycles. The molecule has 1 radical (unpaired) electrons. The van der Waals surface area contributed by atoms with Crippen LogP contribution in [0.3, 0.4) is 0 Å². The molecule has 0 atom stereocenters. The van der Waals surface area contributed by atoms with Gasteiger partial charge in [0.25, 0.3) is 0 Å².